The first-order valence-corrected chi connectivity index (χ1v) is 28.4. The Balaban J connectivity index is 0.000000328. The number of aryl methyl sites for hydroxylation is 6. The lowest BCUT2D eigenvalue weighted by Crippen LogP contribution is -2.28. The predicted octanol–water partition coefficient (Wildman–Crippen LogP) is 13.8. The summed E-state index contributed by atoms with van der Waals surface area (Å²) in [5.41, 5.74) is 9.67. The minimum absolute atomic E-state index is 0. The normalized spacial score (nSPS) is 12.1. The molecule has 0 saturated heterocycles. The highest BCUT2D eigenvalue weighted by molar-refractivity contribution is 7.93. The predicted molar refractivity (Wildman–Crippen MR) is 342 cm³/mol. The number of halogens is 1. The first-order valence-electron chi connectivity index (χ1n) is 27.3. The summed E-state index contributed by atoms with van der Waals surface area (Å²) in [5.74, 6) is 1.89. The zero-order valence-corrected chi connectivity index (χ0v) is 52.3. The SMILES string of the molecule is C.C.C.CSF.Cc1cccc(-c2noc(C(C)NC(=O)c3cc(C(C)(C)C)nn3C)n2)c1.Cc1cccc(-c2noc([C@@H](C)NC(=O)c3cc(C(C)(C)C)nn3C)n2)c1.Cc1cccc(-c2noc([C@H](C)NC(=O)c3cc(C(C)(C)C)nn3C)n2)c1. The fraction of sp³-hybridized carbons (Fsp3) is 0.438. The zero-order chi connectivity index (χ0) is 62.0. The molecule has 0 bridgehead atoms. The summed E-state index contributed by atoms with van der Waals surface area (Å²) in [4.78, 5) is 51.2. The van der Waals surface area contributed by atoms with Crippen LogP contribution >= 0.6 is 12.1 Å². The van der Waals surface area contributed by atoms with Gasteiger partial charge in [0.05, 0.1) is 17.1 Å². The fourth-order valence-corrected chi connectivity index (χ4v) is 8.07. The van der Waals surface area contributed by atoms with Crippen molar-refractivity contribution < 1.29 is 31.8 Å². The molecule has 0 aliphatic carbocycles. The highest BCUT2D eigenvalue weighted by atomic mass is 32.2. The number of hydrogen-bond donors (Lipinski definition) is 3. The molecule has 0 fully saturated rings. The second-order valence-corrected chi connectivity index (χ2v) is 23.9. The van der Waals surface area contributed by atoms with Crippen molar-refractivity contribution in [2.45, 2.75) is 161 Å². The van der Waals surface area contributed by atoms with E-state index in [0.29, 0.717) is 52.2 Å². The lowest BCUT2D eigenvalue weighted by Gasteiger charge is -2.13. The van der Waals surface area contributed by atoms with Crippen LogP contribution in [0, 0.1) is 20.8 Å². The zero-order valence-electron chi connectivity index (χ0n) is 51.5. The fourth-order valence-electron chi connectivity index (χ4n) is 8.07. The molecular weight excluding hydrogens is 1130 g/mol. The molecule has 3 atom stereocenters. The van der Waals surface area contributed by atoms with E-state index >= 15 is 0 Å². The van der Waals surface area contributed by atoms with E-state index in [4.69, 9.17) is 13.6 Å². The van der Waals surface area contributed by atoms with Gasteiger partial charge in [-0.2, -0.15) is 34.1 Å². The molecular formula is C64H90FN15O6S. The lowest BCUT2D eigenvalue weighted by atomic mass is 9.92. The second-order valence-electron chi connectivity index (χ2n) is 23.6. The van der Waals surface area contributed by atoms with E-state index in [-0.39, 0.29) is 68.4 Å². The number of carbonyl (C=O) groups is 3. The van der Waals surface area contributed by atoms with E-state index in [1.54, 1.807) is 35.2 Å². The van der Waals surface area contributed by atoms with E-state index in [1.807, 2.05) is 133 Å². The first kappa shape index (κ1) is 72.7. The molecule has 6 aromatic heterocycles. The topological polar surface area (TPSA) is 258 Å². The van der Waals surface area contributed by atoms with Crippen LogP contribution in [0.15, 0.2) is 105 Å². The van der Waals surface area contributed by atoms with Gasteiger partial charge in [-0.3, -0.25) is 28.4 Å². The van der Waals surface area contributed by atoms with Crippen LogP contribution in [-0.2, 0) is 37.4 Å². The van der Waals surface area contributed by atoms with Crippen LogP contribution in [0.2, 0.25) is 0 Å². The standard InChI is InChI=1S/3C20H25N5O2.CH3FS.3CH4/c3*1-12-8-7-9-14(10-12)17-22-19(27-24-17)13(2)21-18(26)15-11-16(20(3,4)5)23-25(15)6;1-3-2;;;/h3*7-11,13H,1-6H3,(H,21,26);1H3;3*1H4/t2*13-;;;;;/m10...../s1. The largest absolute Gasteiger partial charge is 0.339 e. The van der Waals surface area contributed by atoms with Crippen LogP contribution in [0.5, 0.6) is 0 Å². The van der Waals surface area contributed by atoms with Crippen molar-refractivity contribution in [2.24, 2.45) is 21.1 Å². The third kappa shape index (κ3) is 19.5. The van der Waals surface area contributed by atoms with E-state index in [0.717, 1.165) is 50.5 Å². The van der Waals surface area contributed by atoms with Crippen molar-refractivity contribution in [2.75, 3.05) is 6.26 Å². The molecule has 0 aliphatic heterocycles. The Labute approximate surface area is 516 Å². The maximum atomic E-state index is 12.6. The van der Waals surface area contributed by atoms with Gasteiger partial charge in [0.15, 0.2) is 0 Å². The summed E-state index contributed by atoms with van der Waals surface area (Å²) in [6, 6.07) is 27.8. The van der Waals surface area contributed by atoms with Crippen molar-refractivity contribution in [3.05, 3.63) is 160 Å². The number of hydrogen-bond acceptors (Lipinski definition) is 16. The summed E-state index contributed by atoms with van der Waals surface area (Å²) in [6.07, 6.45) is 1.38. The monoisotopic (exact) mass is 1220 g/mol. The quantitative estimate of drug-likeness (QED) is 0.103. The summed E-state index contributed by atoms with van der Waals surface area (Å²) >= 11 is 0.250. The third-order valence-electron chi connectivity index (χ3n) is 13.0. The molecule has 9 rings (SSSR count). The molecule has 23 heteroatoms. The average molecular weight is 1220 g/mol. The van der Waals surface area contributed by atoms with Gasteiger partial charge in [-0.25, -0.2) is 0 Å². The molecule has 0 radical (unpaired) electrons. The van der Waals surface area contributed by atoms with Crippen molar-refractivity contribution >= 4 is 29.9 Å². The Kier molecular flexibility index (Phi) is 25.6. The van der Waals surface area contributed by atoms with Crippen LogP contribution in [0.1, 0.15) is 206 Å². The molecule has 21 nitrogen and oxygen atoms in total. The van der Waals surface area contributed by atoms with Gasteiger partial charge in [0, 0.05) is 72.5 Å². The second kappa shape index (κ2) is 30.7. The molecule has 3 N–H and O–H groups in total. The minimum atomic E-state index is -0.420. The van der Waals surface area contributed by atoms with Crippen LogP contribution in [-0.4, -0.2) is 83.7 Å². The molecule has 1 unspecified atom stereocenters. The van der Waals surface area contributed by atoms with Crippen LogP contribution < -0.4 is 16.0 Å². The Hall–Kier alpha value is -8.60. The highest BCUT2D eigenvalue weighted by Crippen LogP contribution is 2.27. The molecule has 9 aromatic rings. The summed E-state index contributed by atoms with van der Waals surface area (Å²) in [6.45, 7) is 30.0. The number of rotatable bonds is 12. The van der Waals surface area contributed by atoms with E-state index < -0.39 is 18.1 Å². The lowest BCUT2D eigenvalue weighted by molar-refractivity contribution is 0.0915. The van der Waals surface area contributed by atoms with E-state index in [2.05, 4.69) is 124 Å². The van der Waals surface area contributed by atoms with Gasteiger partial charge >= 0.3 is 0 Å². The average Bonchev–Trinajstić information content (AvgIpc) is 2.43. The number of aromatic nitrogens is 12. The Morgan fingerprint density at radius 1 is 0.460 bits per heavy atom. The van der Waals surface area contributed by atoms with Gasteiger partial charge in [0.25, 0.3) is 17.7 Å². The summed E-state index contributed by atoms with van der Waals surface area (Å²) in [5, 5.41) is 34.1. The summed E-state index contributed by atoms with van der Waals surface area (Å²) < 4.78 is 31.0. The number of carbonyl (C=O) groups excluding carboxylic acids is 3. The molecule has 0 spiro atoms. The number of amides is 3. The maximum Gasteiger partial charge on any atom is 0.270 e. The Morgan fingerprint density at radius 2 is 0.690 bits per heavy atom. The molecule has 3 aromatic carbocycles. The minimum Gasteiger partial charge on any atom is -0.339 e. The van der Waals surface area contributed by atoms with Gasteiger partial charge in [-0.1, -0.05) is 171 Å². The van der Waals surface area contributed by atoms with E-state index in [1.165, 1.54) is 6.26 Å². The molecule has 0 saturated carbocycles. The van der Waals surface area contributed by atoms with Crippen LogP contribution in [0.3, 0.4) is 0 Å². The van der Waals surface area contributed by atoms with Crippen molar-refractivity contribution in [3.63, 3.8) is 0 Å². The molecule has 470 valence electrons. The number of benzene rings is 3. The van der Waals surface area contributed by atoms with Gasteiger partial charge in [-0.15, -0.1) is 0 Å². The highest BCUT2D eigenvalue weighted by Gasteiger charge is 2.28. The maximum absolute atomic E-state index is 12.6. The summed E-state index contributed by atoms with van der Waals surface area (Å²) in [7, 11) is 5.28. The Morgan fingerprint density at radius 3 is 0.885 bits per heavy atom. The van der Waals surface area contributed by atoms with Gasteiger partial charge < -0.3 is 29.5 Å². The van der Waals surface area contributed by atoms with E-state index in [9.17, 15) is 18.3 Å². The van der Waals surface area contributed by atoms with Crippen molar-refractivity contribution in [1.29, 1.82) is 0 Å². The van der Waals surface area contributed by atoms with Crippen LogP contribution in [0.25, 0.3) is 34.2 Å². The van der Waals surface area contributed by atoms with Gasteiger partial charge in [0.2, 0.25) is 35.1 Å². The molecule has 6 heterocycles. The molecule has 0 aliphatic rings. The van der Waals surface area contributed by atoms with Crippen molar-refractivity contribution in [3.8, 4) is 34.2 Å². The molecule has 3 amide bonds. The first-order chi connectivity index (χ1) is 39.4. The molecule has 87 heavy (non-hydrogen) atoms. The number of nitrogens with one attached hydrogen (secondary N) is 3. The smallest absolute Gasteiger partial charge is 0.270 e. The van der Waals surface area contributed by atoms with Crippen molar-refractivity contribution in [1.82, 2.24) is 75.7 Å². The number of nitrogens with zero attached hydrogens (tertiary/aromatic N) is 12. The Bertz CT molecular complexity index is 3310. The van der Waals surface area contributed by atoms with Crippen LogP contribution in [0.4, 0.5) is 3.89 Å². The third-order valence-corrected chi connectivity index (χ3v) is 13.0. The van der Waals surface area contributed by atoms with Gasteiger partial charge in [0.1, 0.15) is 35.2 Å². The van der Waals surface area contributed by atoms with Gasteiger partial charge in [-0.05, 0) is 77.9 Å².